The molecule has 0 radical (unpaired) electrons. The Balaban J connectivity index is 1.26. The molecule has 3 heterocycles. The molecule has 8 aromatic carbocycles. The molecule has 0 amide bonds. The summed E-state index contributed by atoms with van der Waals surface area (Å²) in [6.07, 6.45) is 0. The monoisotopic (exact) mass is 731 g/mol. The second kappa shape index (κ2) is 13.3. The van der Waals surface area contributed by atoms with Crippen LogP contribution in [0.15, 0.2) is 200 Å². The molecule has 0 spiro atoms. The predicted molar refractivity (Wildman–Crippen MR) is 236 cm³/mol. The van der Waals surface area contributed by atoms with Crippen LogP contribution in [-0.2, 0) is 0 Å². The van der Waals surface area contributed by atoms with Crippen LogP contribution in [0.1, 0.15) is 0 Å². The number of thiophene rings is 1. The van der Waals surface area contributed by atoms with Gasteiger partial charge in [-0.1, -0.05) is 164 Å². The van der Waals surface area contributed by atoms with Gasteiger partial charge in [0.2, 0.25) is 0 Å². The van der Waals surface area contributed by atoms with Gasteiger partial charge in [-0.05, 0) is 47.5 Å². The van der Waals surface area contributed by atoms with Crippen LogP contribution in [0.3, 0.4) is 0 Å². The van der Waals surface area contributed by atoms with E-state index in [0.717, 1.165) is 56.0 Å². The lowest BCUT2D eigenvalue weighted by Crippen LogP contribution is -2.02. The number of para-hydroxylation sites is 1. The van der Waals surface area contributed by atoms with Gasteiger partial charge in [0.25, 0.3) is 0 Å². The molecule has 4 heteroatoms. The summed E-state index contributed by atoms with van der Waals surface area (Å²) < 4.78 is 5.13. The van der Waals surface area contributed by atoms with Crippen LogP contribution in [0.5, 0.6) is 0 Å². The van der Waals surface area contributed by atoms with Gasteiger partial charge in [0.1, 0.15) is 0 Å². The summed E-state index contributed by atoms with van der Waals surface area (Å²) in [5.41, 5.74) is 12.8. The zero-order valence-corrected chi connectivity index (χ0v) is 31.1. The molecule has 0 saturated heterocycles. The minimum absolute atomic E-state index is 0.698. The molecule has 56 heavy (non-hydrogen) atoms. The second-order valence-corrected chi connectivity index (χ2v) is 15.2. The quantitative estimate of drug-likeness (QED) is 0.170. The molecule has 0 atom stereocenters. The lowest BCUT2D eigenvalue weighted by atomic mass is 9.91. The second-order valence-electron chi connectivity index (χ2n) is 14.1. The van der Waals surface area contributed by atoms with Crippen LogP contribution < -0.4 is 0 Å². The number of hydrogen-bond acceptors (Lipinski definition) is 3. The first kappa shape index (κ1) is 32.3. The zero-order valence-electron chi connectivity index (χ0n) is 30.3. The molecule has 0 unspecified atom stereocenters. The number of hydrogen-bond donors (Lipinski definition) is 0. The standard InChI is InChI=1S/C52H33N3S/c1-5-17-34(18-6-1)42-31-38(45-33-44(36-21-9-3-10-22-36)53-52(54-45)37-23-11-4-12-24-37)32-43(35-19-7-2-8-20-35)50(42)55-46-27-15-13-26-41(46)49-47(55)30-29-40-39-25-14-16-28-48(39)56-51(40)49/h1-33H. The summed E-state index contributed by atoms with van der Waals surface area (Å²) in [5.74, 6) is 0.698. The van der Waals surface area contributed by atoms with Crippen LogP contribution in [-0.4, -0.2) is 14.5 Å². The van der Waals surface area contributed by atoms with Gasteiger partial charge in [0.05, 0.1) is 28.1 Å². The van der Waals surface area contributed by atoms with Crippen LogP contribution in [0.4, 0.5) is 0 Å². The average Bonchev–Trinajstić information content (AvgIpc) is 3.83. The van der Waals surface area contributed by atoms with E-state index in [1.54, 1.807) is 0 Å². The highest BCUT2D eigenvalue weighted by Crippen LogP contribution is 2.47. The molecule has 3 nitrogen and oxygen atoms in total. The Kier molecular flexibility index (Phi) is 7.68. The maximum absolute atomic E-state index is 5.30. The molecule has 0 aliphatic heterocycles. The van der Waals surface area contributed by atoms with Crippen molar-refractivity contribution in [3.05, 3.63) is 200 Å². The highest BCUT2D eigenvalue weighted by atomic mass is 32.1. The fourth-order valence-electron chi connectivity index (χ4n) is 8.24. The van der Waals surface area contributed by atoms with Crippen molar-refractivity contribution < 1.29 is 0 Å². The molecule has 0 fully saturated rings. The predicted octanol–water partition coefficient (Wildman–Crippen LogP) is 14.3. The summed E-state index contributed by atoms with van der Waals surface area (Å²) in [6, 6.07) is 71.4. The summed E-state index contributed by atoms with van der Waals surface area (Å²) in [7, 11) is 0. The Morgan fingerprint density at radius 3 is 1.54 bits per heavy atom. The molecule has 0 bridgehead atoms. The van der Waals surface area contributed by atoms with Gasteiger partial charge in [-0.3, -0.25) is 0 Å². The first-order valence-electron chi connectivity index (χ1n) is 18.9. The van der Waals surface area contributed by atoms with E-state index in [4.69, 9.17) is 9.97 Å². The molecule has 0 aliphatic rings. The van der Waals surface area contributed by atoms with E-state index in [0.29, 0.717) is 5.82 Å². The fraction of sp³-hybridized carbons (Fsp3) is 0. The third-order valence-electron chi connectivity index (χ3n) is 10.8. The topological polar surface area (TPSA) is 30.7 Å². The van der Waals surface area contributed by atoms with Gasteiger partial charge >= 0.3 is 0 Å². The lowest BCUT2D eigenvalue weighted by molar-refractivity contribution is 1.17. The molecule has 11 aromatic rings. The van der Waals surface area contributed by atoms with E-state index >= 15 is 0 Å². The van der Waals surface area contributed by atoms with Crippen molar-refractivity contribution in [3.63, 3.8) is 0 Å². The zero-order chi connectivity index (χ0) is 37.0. The number of fused-ring (bicyclic) bond motifs is 7. The minimum Gasteiger partial charge on any atom is -0.308 e. The largest absolute Gasteiger partial charge is 0.308 e. The average molecular weight is 732 g/mol. The maximum atomic E-state index is 5.30. The van der Waals surface area contributed by atoms with Crippen molar-refractivity contribution >= 4 is 53.3 Å². The molecule has 0 saturated carbocycles. The highest BCUT2D eigenvalue weighted by molar-refractivity contribution is 7.26. The fourth-order valence-corrected chi connectivity index (χ4v) is 9.50. The first-order valence-corrected chi connectivity index (χ1v) is 19.7. The van der Waals surface area contributed by atoms with Gasteiger partial charge in [-0.15, -0.1) is 11.3 Å². The van der Waals surface area contributed by atoms with Gasteiger partial charge < -0.3 is 4.57 Å². The van der Waals surface area contributed by atoms with Gasteiger partial charge in [0.15, 0.2) is 5.82 Å². The van der Waals surface area contributed by atoms with Crippen molar-refractivity contribution in [2.45, 2.75) is 0 Å². The smallest absolute Gasteiger partial charge is 0.160 e. The molecule has 262 valence electrons. The highest BCUT2D eigenvalue weighted by Gasteiger charge is 2.24. The summed E-state index contributed by atoms with van der Waals surface area (Å²) >= 11 is 1.89. The lowest BCUT2D eigenvalue weighted by Gasteiger charge is -2.21. The molecule has 11 rings (SSSR count). The first-order chi connectivity index (χ1) is 27.8. The third-order valence-corrected chi connectivity index (χ3v) is 12.0. The molecule has 0 aliphatic carbocycles. The Morgan fingerprint density at radius 1 is 0.375 bits per heavy atom. The molecule has 3 aromatic heterocycles. The van der Waals surface area contributed by atoms with E-state index in [1.807, 2.05) is 35.6 Å². The number of nitrogens with zero attached hydrogens (tertiary/aromatic N) is 3. The number of rotatable bonds is 6. The summed E-state index contributed by atoms with van der Waals surface area (Å²) in [4.78, 5) is 10.4. The summed E-state index contributed by atoms with van der Waals surface area (Å²) in [6.45, 7) is 0. The van der Waals surface area contributed by atoms with E-state index in [2.05, 4.69) is 180 Å². The van der Waals surface area contributed by atoms with Gasteiger partial charge in [-0.25, -0.2) is 9.97 Å². The van der Waals surface area contributed by atoms with Crippen molar-refractivity contribution in [2.75, 3.05) is 0 Å². The van der Waals surface area contributed by atoms with Crippen LogP contribution >= 0.6 is 11.3 Å². The Hall–Kier alpha value is -7.14. The number of benzene rings is 8. The normalized spacial score (nSPS) is 11.6. The van der Waals surface area contributed by atoms with E-state index in [-0.39, 0.29) is 0 Å². The van der Waals surface area contributed by atoms with E-state index in [9.17, 15) is 0 Å². The van der Waals surface area contributed by atoms with Gasteiger partial charge in [0, 0.05) is 58.8 Å². The summed E-state index contributed by atoms with van der Waals surface area (Å²) in [5, 5.41) is 5.14. The van der Waals surface area contributed by atoms with Gasteiger partial charge in [-0.2, -0.15) is 0 Å². The Bertz CT molecular complexity index is 3100. The molecular formula is C52H33N3S. The van der Waals surface area contributed by atoms with E-state index in [1.165, 1.54) is 42.0 Å². The Labute approximate surface area is 328 Å². The van der Waals surface area contributed by atoms with Crippen LogP contribution in [0.2, 0.25) is 0 Å². The maximum Gasteiger partial charge on any atom is 0.160 e. The SMILES string of the molecule is c1ccc(-c2cc(-c3cc(-c4ccccc4)c(-n4c5ccccc5c5c6sc7ccccc7c6ccc54)c(-c4ccccc4)c3)nc(-c3ccccc3)n2)cc1. The van der Waals surface area contributed by atoms with Crippen molar-refractivity contribution in [1.29, 1.82) is 0 Å². The van der Waals surface area contributed by atoms with Crippen molar-refractivity contribution in [1.82, 2.24) is 14.5 Å². The number of aromatic nitrogens is 3. The minimum atomic E-state index is 0.698. The Morgan fingerprint density at radius 2 is 0.893 bits per heavy atom. The van der Waals surface area contributed by atoms with Crippen LogP contribution in [0.25, 0.3) is 104 Å². The van der Waals surface area contributed by atoms with Crippen molar-refractivity contribution in [3.8, 4) is 61.8 Å². The van der Waals surface area contributed by atoms with Crippen molar-refractivity contribution in [2.24, 2.45) is 0 Å². The third kappa shape index (κ3) is 5.34. The van der Waals surface area contributed by atoms with Crippen LogP contribution in [0, 0.1) is 0 Å². The molecule has 0 N–H and O–H groups in total. The molecular weight excluding hydrogens is 699 g/mol. The van der Waals surface area contributed by atoms with E-state index < -0.39 is 0 Å².